The maximum absolute atomic E-state index is 13.2. The highest BCUT2D eigenvalue weighted by atomic mass is 16.5. The van der Waals surface area contributed by atoms with Gasteiger partial charge in [-0.25, -0.2) is 0 Å². The number of hydrogen-bond acceptors (Lipinski definition) is 5. The van der Waals surface area contributed by atoms with Crippen LogP contribution in [-0.2, 0) is 23.9 Å². The second-order valence-corrected chi connectivity index (χ2v) is 16.6. The average Bonchev–Trinajstić information content (AvgIpc) is 3.16. The number of nitrogens with zero attached hydrogens (tertiary/aromatic N) is 2. The Bertz CT molecular complexity index is 889. The van der Waals surface area contributed by atoms with E-state index in [1.165, 1.54) is 116 Å². The molecular formula is C48H91N2O5+. The van der Waals surface area contributed by atoms with E-state index >= 15 is 0 Å². The Hall–Kier alpha value is -2.15. The van der Waals surface area contributed by atoms with Crippen LogP contribution in [0.4, 0.5) is 0 Å². The minimum atomic E-state index is -0.197. The summed E-state index contributed by atoms with van der Waals surface area (Å²) in [7, 11) is 4.30. The Morgan fingerprint density at radius 1 is 0.436 bits per heavy atom. The number of allylic oxidation sites excluding steroid dienone is 4. The molecule has 7 nitrogen and oxygen atoms in total. The summed E-state index contributed by atoms with van der Waals surface area (Å²) in [6.45, 7) is 9.43. The number of rotatable bonds is 41. The number of quaternary nitrogens is 1. The van der Waals surface area contributed by atoms with Gasteiger partial charge in [0.15, 0.2) is 0 Å². The summed E-state index contributed by atoms with van der Waals surface area (Å²) in [4.78, 5) is 39.8. The molecule has 0 aliphatic heterocycles. The van der Waals surface area contributed by atoms with Crippen molar-refractivity contribution in [2.24, 2.45) is 0 Å². The molecule has 0 bridgehead atoms. The van der Waals surface area contributed by atoms with Crippen molar-refractivity contribution < 1.29 is 28.3 Å². The van der Waals surface area contributed by atoms with Gasteiger partial charge in [-0.2, -0.15) is 0 Å². The Balaban J connectivity index is 4.22. The molecule has 0 aromatic rings. The van der Waals surface area contributed by atoms with Crippen LogP contribution in [0.1, 0.15) is 213 Å². The molecule has 0 aromatic heterocycles. The van der Waals surface area contributed by atoms with Crippen molar-refractivity contribution in [1.82, 2.24) is 4.90 Å². The van der Waals surface area contributed by atoms with Gasteiger partial charge in [-0.15, -0.1) is 0 Å². The number of amides is 1. The Kier molecular flexibility index (Phi) is 38.5. The molecule has 0 unspecified atom stereocenters. The quantitative estimate of drug-likeness (QED) is 0.0268. The van der Waals surface area contributed by atoms with Gasteiger partial charge in [-0.3, -0.25) is 14.4 Å². The van der Waals surface area contributed by atoms with Crippen LogP contribution in [0.2, 0.25) is 0 Å². The van der Waals surface area contributed by atoms with Crippen molar-refractivity contribution in [2.45, 2.75) is 213 Å². The fourth-order valence-corrected chi connectivity index (χ4v) is 7.00. The molecular weight excluding hydrogens is 685 g/mol. The van der Waals surface area contributed by atoms with Crippen LogP contribution < -0.4 is 0 Å². The molecule has 0 saturated carbocycles. The second-order valence-electron chi connectivity index (χ2n) is 16.6. The molecule has 55 heavy (non-hydrogen) atoms. The molecule has 7 heteroatoms. The van der Waals surface area contributed by atoms with Gasteiger partial charge < -0.3 is 18.9 Å². The second kappa shape index (κ2) is 40.1. The van der Waals surface area contributed by atoms with Gasteiger partial charge in [0.2, 0.25) is 5.91 Å². The molecule has 0 radical (unpaired) electrons. The molecule has 0 fully saturated rings. The molecule has 0 aliphatic rings. The predicted octanol–water partition coefficient (Wildman–Crippen LogP) is 12.9. The molecule has 0 spiro atoms. The number of esters is 2. The van der Waals surface area contributed by atoms with Gasteiger partial charge in [0, 0.05) is 12.8 Å². The monoisotopic (exact) mass is 776 g/mol. The molecule has 1 amide bonds. The maximum atomic E-state index is 13.2. The predicted molar refractivity (Wildman–Crippen MR) is 234 cm³/mol. The number of unbranched alkanes of at least 4 members (excludes halogenated alkanes) is 22. The lowest BCUT2D eigenvalue weighted by Gasteiger charge is -2.30. The van der Waals surface area contributed by atoms with Gasteiger partial charge in [-0.1, -0.05) is 148 Å². The van der Waals surface area contributed by atoms with E-state index in [1.54, 1.807) is 4.90 Å². The fraction of sp³-hybridized carbons (Fsp3) is 0.854. The zero-order valence-electron chi connectivity index (χ0n) is 37.2. The van der Waals surface area contributed by atoms with Crippen LogP contribution in [0.25, 0.3) is 0 Å². The standard InChI is InChI=1S/C48H91N2O5/c1-6-9-11-13-15-17-19-21-23-25-27-29-31-33-35-37-47(52)54-44-40-49(46(51)39-43-50(4,5)42-8-3)41-45-55-48(53)38-36-34-32-30-28-26-24-22-20-18-16-14-12-10-7-2/h21-24H,6-20,25-45H2,1-5H3/q+1/b23-21-,24-22-. The zero-order valence-corrected chi connectivity index (χ0v) is 37.2. The van der Waals surface area contributed by atoms with Gasteiger partial charge in [-0.05, 0) is 70.6 Å². The van der Waals surface area contributed by atoms with E-state index < -0.39 is 0 Å². The van der Waals surface area contributed by atoms with E-state index in [2.05, 4.69) is 59.2 Å². The lowest BCUT2D eigenvalue weighted by atomic mass is 10.1. The van der Waals surface area contributed by atoms with Crippen molar-refractivity contribution in [2.75, 3.05) is 53.5 Å². The molecule has 0 saturated heterocycles. The van der Waals surface area contributed by atoms with Gasteiger partial charge in [0.25, 0.3) is 0 Å². The van der Waals surface area contributed by atoms with Gasteiger partial charge >= 0.3 is 11.9 Å². The summed E-state index contributed by atoms with van der Waals surface area (Å²) in [5.41, 5.74) is 0. The normalized spacial score (nSPS) is 11.9. The average molecular weight is 776 g/mol. The van der Waals surface area contributed by atoms with Crippen molar-refractivity contribution in [3.8, 4) is 0 Å². The third kappa shape index (κ3) is 38.5. The third-order valence-electron chi connectivity index (χ3n) is 10.6. The number of carbonyl (C=O) groups excluding carboxylic acids is 3. The molecule has 0 N–H and O–H groups in total. The number of ether oxygens (including phenoxy) is 2. The van der Waals surface area contributed by atoms with Crippen molar-refractivity contribution >= 4 is 17.8 Å². The van der Waals surface area contributed by atoms with Crippen molar-refractivity contribution in [1.29, 1.82) is 0 Å². The lowest BCUT2D eigenvalue weighted by molar-refractivity contribution is -0.889. The van der Waals surface area contributed by atoms with E-state index in [0.717, 1.165) is 75.4 Å². The van der Waals surface area contributed by atoms with E-state index in [-0.39, 0.29) is 31.1 Å². The minimum absolute atomic E-state index is 0.0175. The molecule has 0 aliphatic carbocycles. The maximum Gasteiger partial charge on any atom is 0.305 e. The molecule has 0 atom stereocenters. The van der Waals surface area contributed by atoms with Crippen LogP contribution in [0, 0.1) is 0 Å². The highest BCUT2D eigenvalue weighted by Gasteiger charge is 2.20. The number of hydrogen-bond donors (Lipinski definition) is 0. The van der Waals surface area contributed by atoms with Gasteiger partial charge in [0.1, 0.15) is 13.2 Å². The first-order valence-corrected chi connectivity index (χ1v) is 23.5. The molecule has 0 rings (SSSR count). The summed E-state index contributed by atoms with van der Waals surface area (Å²) < 4.78 is 11.9. The summed E-state index contributed by atoms with van der Waals surface area (Å²) in [6.07, 6.45) is 43.5. The van der Waals surface area contributed by atoms with Gasteiger partial charge in [0.05, 0.1) is 46.7 Å². The first-order chi connectivity index (χ1) is 26.8. The summed E-state index contributed by atoms with van der Waals surface area (Å²) in [5.74, 6) is -0.377. The number of carbonyl (C=O) groups is 3. The van der Waals surface area contributed by atoms with E-state index in [9.17, 15) is 14.4 Å². The van der Waals surface area contributed by atoms with Crippen LogP contribution in [0.15, 0.2) is 24.3 Å². The molecule has 322 valence electrons. The summed E-state index contributed by atoms with van der Waals surface area (Å²) in [6, 6.07) is 0. The highest BCUT2D eigenvalue weighted by molar-refractivity contribution is 5.76. The van der Waals surface area contributed by atoms with Crippen molar-refractivity contribution in [3.05, 3.63) is 24.3 Å². The van der Waals surface area contributed by atoms with E-state index in [4.69, 9.17) is 9.47 Å². The first kappa shape index (κ1) is 52.9. The van der Waals surface area contributed by atoms with Crippen LogP contribution in [-0.4, -0.2) is 80.7 Å². The first-order valence-electron chi connectivity index (χ1n) is 23.5. The lowest BCUT2D eigenvalue weighted by Crippen LogP contribution is -2.44. The minimum Gasteiger partial charge on any atom is -0.464 e. The third-order valence-corrected chi connectivity index (χ3v) is 10.6. The largest absolute Gasteiger partial charge is 0.464 e. The molecule has 0 aromatic carbocycles. The van der Waals surface area contributed by atoms with E-state index in [1.807, 2.05) is 0 Å². The van der Waals surface area contributed by atoms with Crippen molar-refractivity contribution in [3.63, 3.8) is 0 Å². The van der Waals surface area contributed by atoms with Crippen LogP contribution >= 0.6 is 0 Å². The summed E-state index contributed by atoms with van der Waals surface area (Å²) in [5, 5.41) is 0. The topological polar surface area (TPSA) is 72.9 Å². The highest BCUT2D eigenvalue weighted by Crippen LogP contribution is 2.13. The van der Waals surface area contributed by atoms with Crippen LogP contribution in [0.5, 0.6) is 0 Å². The summed E-state index contributed by atoms with van der Waals surface area (Å²) >= 11 is 0. The Morgan fingerprint density at radius 2 is 0.782 bits per heavy atom. The van der Waals surface area contributed by atoms with Crippen LogP contribution in [0.3, 0.4) is 0 Å². The Labute approximate surface area is 341 Å². The smallest absolute Gasteiger partial charge is 0.305 e. The Morgan fingerprint density at radius 3 is 1.15 bits per heavy atom. The zero-order chi connectivity index (χ0) is 40.5. The molecule has 0 heterocycles. The fourth-order valence-electron chi connectivity index (χ4n) is 7.00. The van der Waals surface area contributed by atoms with E-state index in [0.29, 0.717) is 32.4 Å². The SMILES string of the molecule is CCCCCCCC/C=C\CCCCCCCC(=O)OCCN(CCOC(=O)CCCCCCC/C=C\CCCCCCCC)C(=O)CC[N+](C)(C)CCC.